The molecule has 0 atom stereocenters. The summed E-state index contributed by atoms with van der Waals surface area (Å²) < 4.78 is 54.0. The van der Waals surface area contributed by atoms with Crippen LogP contribution < -0.4 is 9.03 Å². The molecule has 1 heterocycles. The Labute approximate surface area is 150 Å². The third-order valence-electron chi connectivity index (χ3n) is 5.11. The van der Waals surface area contributed by atoms with Gasteiger partial charge in [0.05, 0.1) is 22.4 Å². The van der Waals surface area contributed by atoms with E-state index in [1.807, 2.05) is 6.07 Å². The fourth-order valence-corrected chi connectivity index (χ4v) is 6.44. The molecule has 1 aromatic rings. The minimum atomic E-state index is -3.44. The number of aryl methyl sites for hydroxylation is 1. The molecule has 6 nitrogen and oxygen atoms in total. The summed E-state index contributed by atoms with van der Waals surface area (Å²) >= 11 is 0. The molecule has 0 amide bonds. The molecule has 25 heavy (non-hydrogen) atoms. The molecule has 1 aromatic carbocycles. The van der Waals surface area contributed by atoms with Gasteiger partial charge in [-0.3, -0.25) is 9.03 Å². The van der Waals surface area contributed by atoms with Gasteiger partial charge >= 0.3 is 0 Å². The smallest absolute Gasteiger partial charge is 0.235 e. The molecule has 8 heteroatoms. The third-order valence-corrected chi connectivity index (χ3v) is 8.76. The lowest BCUT2D eigenvalue weighted by atomic mass is 10.0. The Hall–Kier alpha value is -1.28. The van der Waals surface area contributed by atoms with Crippen LogP contribution in [0.4, 0.5) is 11.4 Å². The van der Waals surface area contributed by atoms with Crippen molar-refractivity contribution in [2.75, 3.05) is 21.3 Å². The number of anilines is 2. The van der Waals surface area contributed by atoms with Crippen LogP contribution in [0.15, 0.2) is 18.2 Å². The van der Waals surface area contributed by atoms with Gasteiger partial charge in [-0.15, -0.1) is 0 Å². The van der Waals surface area contributed by atoms with Gasteiger partial charge in [-0.1, -0.05) is 25.3 Å². The first-order chi connectivity index (χ1) is 11.8. The van der Waals surface area contributed by atoms with Crippen molar-refractivity contribution < 1.29 is 16.8 Å². The molecule has 1 fully saturated rings. The predicted octanol–water partition coefficient (Wildman–Crippen LogP) is 2.86. The van der Waals surface area contributed by atoms with Gasteiger partial charge < -0.3 is 0 Å². The normalized spacial score (nSPS) is 19.5. The largest absolute Gasteiger partial charge is 0.283 e. The highest BCUT2D eigenvalue weighted by molar-refractivity contribution is 7.93. The maximum absolute atomic E-state index is 12.6. The van der Waals surface area contributed by atoms with Crippen molar-refractivity contribution in [3.8, 4) is 0 Å². The van der Waals surface area contributed by atoms with Gasteiger partial charge in [-0.05, 0) is 50.3 Å². The number of hydrogen-bond acceptors (Lipinski definition) is 4. The first-order valence-corrected chi connectivity index (χ1v) is 12.1. The summed E-state index contributed by atoms with van der Waals surface area (Å²) in [6, 6.07) is 5.24. The zero-order chi connectivity index (χ0) is 18.1. The van der Waals surface area contributed by atoms with E-state index in [-0.39, 0.29) is 11.0 Å². The summed E-state index contributed by atoms with van der Waals surface area (Å²) in [6.07, 6.45) is 5.94. The van der Waals surface area contributed by atoms with Gasteiger partial charge in [0, 0.05) is 6.54 Å². The molecule has 1 aliphatic carbocycles. The summed E-state index contributed by atoms with van der Waals surface area (Å²) in [4.78, 5) is 0. The van der Waals surface area contributed by atoms with Crippen LogP contribution in [-0.4, -0.2) is 34.4 Å². The van der Waals surface area contributed by atoms with E-state index in [9.17, 15) is 16.8 Å². The van der Waals surface area contributed by atoms with Crippen molar-refractivity contribution >= 4 is 31.4 Å². The lowest BCUT2D eigenvalue weighted by Crippen LogP contribution is -2.36. The summed E-state index contributed by atoms with van der Waals surface area (Å²) in [6.45, 7) is 2.07. The van der Waals surface area contributed by atoms with Gasteiger partial charge in [-0.2, -0.15) is 0 Å². The highest BCUT2D eigenvalue weighted by atomic mass is 32.2. The highest BCUT2D eigenvalue weighted by Crippen LogP contribution is 2.33. The molecule has 0 aromatic heterocycles. The fourth-order valence-electron chi connectivity index (χ4n) is 3.67. The third kappa shape index (κ3) is 3.95. The van der Waals surface area contributed by atoms with Crippen LogP contribution >= 0.6 is 0 Å². The summed E-state index contributed by atoms with van der Waals surface area (Å²) in [7, 11) is -6.80. The fraction of sp³-hybridized carbons (Fsp3) is 0.647. The number of hydrogen-bond donors (Lipinski definition) is 1. The highest BCUT2D eigenvalue weighted by Gasteiger charge is 2.29. The number of sulfonamides is 2. The van der Waals surface area contributed by atoms with Crippen molar-refractivity contribution in [2.45, 2.75) is 57.1 Å². The molecular weight excluding hydrogens is 360 g/mol. The van der Waals surface area contributed by atoms with Crippen LogP contribution in [0.1, 0.15) is 51.0 Å². The minimum absolute atomic E-state index is 0.0322. The van der Waals surface area contributed by atoms with Crippen molar-refractivity contribution in [1.29, 1.82) is 0 Å². The van der Waals surface area contributed by atoms with Gasteiger partial charge in [0.25, 0.3) is 0 Å². The monoisotopic (exact) mass is 386 g/mol. The topological polar surface area (TPSA) is 83.6 Å². The second kappa shape index (κ2) is 7.15. The molecule has 3 rings (SSSR count). The number of rotatable bonds is 5. The second-order valence-corrected chi connectivity index (χ2v) is 11.0. The molecule has 1 N–H and O–H groups in total. The van der Waals surface area contributed by atoms with Crippen LogP contribution in [0.2, 0.25) is 0 Å². The van der Waals surface area contributed by atoms with E-state index in [0.717, 1.165) is 37.7 Å². The Bertz CT molecular complexity index is 828. The van der Waals surface area contributed by atoms with Crippen LogP contribution in [0.5, 0.6) is 0 Å². The molecule has 140 valence electrons. The van der Waals surface area contributed by atoms with Crippen molar-refractivity contribution in [3.05, 3.63) is 23.8 Å². The Morgan fingerprint density at radius 1 is 1.08 bits per heavy atom. The van der Waals surface area contributed by atoms with Crippen molar-refractivity contribution in [1.82, 2.24) is 0 Å². The van der Waals surface area contributed by atoms with E-state index in [0.29, 0.717) is 30.8 Å². The Morgan fingerprint density at radius 2 is 1.80 bits per heavy atom. The number of fused-ring (bicyclic) bond motifs is 1. The lowest BCUT2D eigenvalue weighted by Gasteiger charge is -2.31. The predicted molar refractivity (Wildman–Crippen MR) is 101 cm³/mol. The molecule has 1 saturated carbocycles. The van der Waals surface area contributed by atoms with Crippen molar-refractivity contribution in [2.24, 2.45) is 0 Å². The minimum Gasteiger partial charge on any atom is -0.283 e. The van der Waals surface area contributed by atoms with Crippen LogP contribution in [0.25, 0.3) is 0 Å². The Balaban J connectivity index is 1.88. The SMILES string of the molecule is CCS(=O)(=O)N1CCCc2ccc(NS(=O)(=O)C3CCCCC3)cc21. The number of nitrogens with zero attached hydrogens (tertiary/aromatic N) is 1. The average Bonchev–Trinajstić information content (AvgIpc) is 2.61. The second-order valence-electron chi connectivity index (χ2n) is 6.83. The zero-order valence-corrected chi connectivity index (χ0v) is 16.2. The first-order valence-electron chi connectivity index (χ1n) is 8.98. The van der Waals surface area contributed by atoms with E-state index in [1.165, 1.54) is 4.31 Å². The van der Waals surface area contributed by atoms with E-state index in [1.54, 1.807) is 19.1 Å². The number of benzene rings is 1. The van der Waals surface area contributed by atoms with Crippen LogP contribution in [0, 0.1) is 0 Å². The summed E-state index contributed by atoms with van der Waals surface area (Å²) in [5.74, 6) is 0.0322. The zero-order valence-electron chi connectivity index (χ0n) is 14.6. The molecule has 0 radical (unpaired) electrons. The quantitative estimate of drug-likeness (QED) is 0.843. The standard InChI is InChI=1S/C17H26N2O4S2/c1-2-24(20,21)19-12-6-7-14-10-11-15(13-17(14)19)18-25(22,23)16-8-4-3-5-9-16/h10-11,13,16,18H,2-9,12H2,1H3. The molecule has 0 spiro atoms. The van der Waals surface area contributed by atoms with E-state index in [2.05, 4.69) is 4.72 Å². The van der Waals surface area contributed by atoms with Crippen LogP contribution in [-0.2, 0) is 26.5 Å². The van der Waals surface area contributed by atoms with E-state index < -0.39 is 20.0 Å². The Morgan fingerprint density at radius 3 is 2.48 bits per heavy atom. The summed E-state index contributed by atoms with van der Waals surface area (Å²) in [5.41, 5.74) is 2.00. The number of nitrogens with one attached hydrogen (secondary N) is 1. The lowest BCUT2D eigenvalue weighted by molar-refractivity contribution is 0.486. The molecule has 0 unspecified atom stereocenters. The van der Waals surface area contributed by atoms with Gasteiger partial charge in [0.2, 0.25) is 20.0 Å². The average molecular weight is 387 g/mol. The molecule has 2 aliphatic rings. The maximum atomic E-state index is 12.6. The van der Waals surface area contributed by atoms with E-state index >= 15 is 0 Å². The van der Waals surface area contributed by atoms with Crippen LogP contribution in [0.3, 0.4) is 0 Å². The van der Waals surface area contributed by atoms with Gasteiger partial charge in [-0.25, -0.2) is 16.8 Å². The molecule has 0 bridgehead atoms. The van der Waals surface area contributed by atoms with Gasteiger partial charge in [0.1, 0.15) is 0 Å². The van der Waals surface area contributed by atoms with Crippen molar-refractivity contribution in [3.63, 3.8) is 0 Å². The first kappa shape index (κ1) is 18.5. The molecular formula is C17H26N2O4S2. The molecule has 0 saturated heterocycles. The maximum Gasteiger partial charge on any atom is 0.235 e. The van der Waals surface area contributed by atoms with Gasteiger partial charge in [0.15, 0.2) is 0 Å². The Kier molecular flexibility index (Phi) is 5.29. The summed E-state index contributed by atoms with van der Waals surface area (Å²) in [5, 5.41) is -0.354. The van der Waals surface area contributed by atoms with E-state index in [4.69, 9.17) is 0 Å². The molecule has 1 aliphatic heterocycles.